The molecule has 1 aliphatic rings. The Balaban J connectivity index is 1.40. The number of aromatic nitrogens is 1. The first-order chi connectivity index (χ1) is 15.7. The number of nitrogens with zero attached hydrogens (tertiary/aromatic N) is 1. The van der Waals surface area contributed by atoms with Crippen LogP contribution < -0.4 is 14.9 Å². The van der Waals surface area contributed by atoms with Crippen molar-refractivity contribution in [2.75, 3.05) is 13.7 Å². The van der Waals surface area contributed by atoms with Crippen molar-refractivity contribution < 1.29 is 14.3 Å². The fraction of sp³-hybridized carbons (Fsp3) is 0.385. The first-order valence-corrected chi connectivity index (χ1v) is 11.5. The Labute approximate surface area is 189 Å². The van der Waals surface area contributed by atoms with Crippen LogP contribution in [0, 0.1) is 0 Å². The summed E-state index contributed by atoms with van der Waals surface area (Å²) in [6.07, 6.45) is 9.51. The highest BCUT2D eigenvalue weighted by molar-refractivity contribution is 5.99. The molecule has 1 heterocycles. The van der Waals surface area contributed by atoms with Gasteiger partial charge in [-0.1, -0.05) is 19.8 Å². The van der Waals surface area contributed by atoms with Gasteiger partial charge in [-0.3, -0.25) is 4.79 Å². The van der Waals surface area contributed by atoms with Crippen LogP contribution in [0.15, 0.2) is 41.5 Å². The molecule has 0 unspecified atom stereocenters. The van der Waals surface area contributed by atoms with E-state index >= 15 is 0 Å². The second-order valence-corrected chi connectivity index (χ2v) is 8.21. The molecule has 168 valence electrons. The Morgan fingerprint density at radius 1 is 1.12 bits per heavy atom. The van der Waals surface area contributed by atoms with Gasteiger partial charge in [0, 0.05) is 22.2 Å². The van der Waals surface area contributed by atoms with Crippen LogP contribution in [0.5, 0.6) is 11.5 Å². The van der Waals surface area contributed by atoms with Gasteiger partial charge >= 0.3 is 0 Å². The summed E-state index contributed by atoms with van der Waals surface area (Å²) in [7, 11) is 1.62. The van der Waals surface area contributed by atoms with Crippen LogP contribution in [0.2, 0.25) is 0 Å². The summed E-state index contributed by atoms with van der Waals surface area (Å²) >= 11 is 0. The third kappa shape index (κ3) is 4.96. The standard InChI is InChI=1S/C26H31N3O3/c1-3-4-7-14-32-24-13-10-18(15-25(24)31-2)17-27-29-26(30)19-11-12-23-21(16-19)20-8-5-6-9-22(20)28-23/h10-13,15-17,28H,3-9,14H2,1-2H3,(H,29,30)/b27-17-. The SMILES string of the molecule is CCCCCOc1ccc(/C=N\NC(=O)c2ccc3[nH]c4c(c3c2)CCCC4)cc1OC. The van der Waals surface area contributed by atoms with Crippen LogP contribution in [0.25, 0.3) is 10.9 Å². The highest BCUT2D eigenvalue weighted by Gasteiger charge is 2.16. The number of ether oxygens (including phenoxy) is 2. The molecule has 0 bridgehead atoms. The lowest BCUT2D eigenvalue weighted by Crippen LogP contribution is -2.17. The minimum absolute atomic E-state index is 0.225. The number of aryl methyl sites for hydroxylation is 2. The predicted molar refractivity (Wildman–Crippen MR) is 128 cm³/mol. The van der Waals surface area contributed by atoms with E-state index in [2.05, 4.69) is 22.4 Å². The summed E-state index contributed by atoms with van der Waals surface area (Å²) in [5, 5.41) is 5.28. The zero-order chi connectivity index (χ0) is 22.3. The minimum atomic E-state index is -0.225. The Bertz CT molecular complexity index is 1120. The van der Waals surface area contributed by atoms with Gasteiger partial charge < -0.3 is 14.5 Å². The number of hydrazone groups is 1. The number of H-pyrrole nitrogens is 1. The maximum absolute atomic E-state index is 12.6. The van der Waals surface area contributed by atoms with E-state index in [4.69, 9.17) is 9.47 Å². The number of hydrogen-bond acceptors (Lipinski definition) is 4. The summed E-state index contributed by atoms with van der Waals surface area (Å²) in [6.45, 7) is 2.83. The number of methoxy groups -OCH3 is 1. The molecule has 0 saturated heterocycles. The van der Waals surface area contributed by atoms with Crippen molar-refractivity contribution in [3.8, 4) is 11.5 Å². The molecule has 1 aliphatic carbocycles. The van der Waals surface area contributed by atoms with Crippen molar-refractivity contribution in [1.82, 2.24) is 10.4 Å². The molecule has 6 heteroatoms. The third-order valence-corrected chi connectivity index (χ3v) is 5.93. The Hall–Kier alpha value is -3.28. The van der Waals surface area contributed by atoms with Crippen LogP contribution >= 0.6 is 0 Å². The van der Waals surface area contributed by atoms with Gasteiger partial charge in [-0.05, 0) is 79.6 Å². The highest BCUT2D eigenvalue weighted by Crippen LogP contribution is 2.30. The van der Waals surface area contributed by atoms with Crippen molar-refractivity contribution in [3.05, 3.63) is 58.8 Å². The highest BCUT2D eigenvalue weighted by atomic mass is 16.5. The van der Waals surface area contributed by atoms with Crippen molar-refractivity contribution in [2.24, 2.45) is 5.10 Å². The second kappa shape index (κ2) is 10.4. The largest absolute Gasteiger partial charge is 0.493 e. The second-order valence-electron chi connectivity index (χ2n) is 8.21. The van der Waals surface area contributed by atoms with Gasteiger partial charge in [0.15, 0.2) is 11.5 Å². The Morgan fingerprint density at radius 2 is 2.00 bits per heavy atom. The first-order valence-electron chi connectivity index (χ1n) is 11.5. The number of hydrogen-bond donors (Lipinski definition) is 2. The van der Waals surface area contributed by atoms with E-state index in [0.29, 0.717) is 23.7 Å². The van der Waals surface area contributed by atoms with E-state index in [1.165, 1.54) is 24.1 Å². The zero-order valence-electron chi connectivity index (χ0n) is 18.9. The van der Waals surface area contributed by atoms with Gasteiger partial charge in [0.05, 0.1) is 19.9 Å². The predicted octanol–water partition coefficient (Wildman–Crippen LogP) is 5.39. The molecule has 6 nitrogen and oxygen atoms in total. The van der Waals surface area contributed by atoms with E-state index in [1.807, 2.05) is 36.4 Å². The number of amides is 1. The molecule has 2 N–H and O–H groups in total. The zero-order valence-corrected chi connectivity index (χ0v) is 18.9. The number of carbonyl (C=O) groups excluding carboxylic acids is 1. The van der Waals surface area contributed by atoms with Gasteiger partial charge in [-0.15, -0.1) is 0 Å². The molecular formula is C26H31N3O3. The Morgan fingerprint density at radius 3 is 2.84 bits per heavy atom. The molecule has 3 aromatic rings. The molecule has 0 atom stereocenters. The summed E-state index contributed by atoms with van der Waals surface area (Å²) in [5.41, 5.74) is 7.82. The quantitative estimate of drug-likeness (QED) is 0.270. The lowest BCUT2D eigenvalue weighted by molar-refractivity contribution is 0.0955. The molecule has 4 rings (SSSR count). The number of benzene rings is 2. The van der Waals surface area contributed by atoms with Gasteiger partial charge in [-0.2, -0.15) is 5.10 Å². The molecule has 1 amide bonds. The van der Waals surface area contributed by atoms with E-state index in [9.17, 15) is 4.79 Å². The van der Waals surface area contributed by atoms with Crippen LogP contribution in [-0.2, 0) is 12.8 Å². The van der Waals surface area contributed by atoms with Crippen LogP contribution in [0.3, 0.4) is 0 Å². The number of nitrogens with one attached hydrogen (secondary N) is 2. The van der Waals surface area contributed by atoms with E-state index in [1.54, 1.807) is 13.3 Å². The van der Waals surface area contributed by atoms with Crippen LogP contribution in [-0.4, -0.2) is 30.8 Å². The Kier molecular flexibility index (Phi) is 7.10. The number of unbranched alkanes of at least 4 members (excludes halogenated alkanes) is 2. The average Bonchev–Trinajstić information content (AvgIpc) is 3.20. The van der Waals surface area contributed by atoms with Gasteiger partial charge in [0.25, 0.3) is 5.91 Å². The molecular weight excluding hydrogens is 402 g/mol. The van der Waals surface area contributed by atoms with E-state index < -0.39 is 0 Å². The fourth-order valence-electron chi connectivity index (χ4n) is 4.20. The molecule has 32 heavy (non-hydrogen) atoms. The summed E-state index contributed by atoms with van der Waals surface area (Å²) in [6, 6.07) is 11.4. The molecule has 0 fully saturated rings. The number of rotatable bonds is 9. The molecule has 0 spiro atoms. The van der Waals surface area contributed by atoms with E-state index in [-0.39, 0.29) is 5.91 Å². The summed E-state index contributed by atoms with van der Waals surface area (Å²) < 4.78 is 11.3. The normalized spacial score (nSPS) is 13.3. The number of carbonyl (C=O) groups is 1. The van der Waals surface area contributed by atoms with Gasteiger partial charge in [0.1, 0.15) is 0 Å². The van der Waals surface area contributed by atoms with Crippen molar-refractivity contribution in [1.29, 1.82) is 0 Å². The minimum Gasteiger partial charge on any atom is -0.493 e. The van der Waals surface area contributed by atoms with Crippen molar-refractivity contribution >= 4 is 23.0 Å². The molecule has 0 radical (unpaired) electrons. The smallest absolute Gasteiger partial charge is 0.271 e. The summed E-state index contributed by atoms with van der Waals surface area (Å²) in [4.78, 5) is 16.1. The van der Waals surface area contributed by atoms with E-state index in [0.717, 1.165) is 48.6 Å². The summed E-state index contributed by atoms with van der Waals surface area (Å²) in [5.74, 6) is 1.14. The van der Waals surface area contributed by atoms with Gasteiger partial charge in [-0.25, -0.2) is 5.43 Å². The third-order valence-electron chi connectivity index (χ3n) is 5.93. The number of aromatic amines is 1. The topological polar surface area (TPSA) is 75.7 Å². The number of fused-ring (bicyclic) bond motifs is 3. The monoisotopic (exact) mass is 433 g/mol. The van der Waals surface area contributed by atoms with Gasteiger partial charge in [0.2, 0.25) is 0 Å². The molecule has 2 aromatic carbocycles. The van der Waals surface area contributed by atoms with Crippen LogP contribution in [0.4, 0.5) is 0 Å². The molecule has 0 aliphatic heterocycles. The maximum Gasteiger partial charge on any atom is 0.271 e. The van der Waals surface area contributed by atoms with Crippen molar-refractivity contribution in [2.45, 2.75) is 51.9 Å². The average molecular weight is 434 g/mol. The maximum atomic E-state index is 12.6. The lowest BCUT2D eigenvalue weighted by Gasteiger charge is -2.11. The fourth-order valence-corrected chi connectivity index (χ4v) is 4.20. The van der Waals surface area contributed by atoms with Crippen LogP contribution in [0.1, 0.15) is 66.2 Å². The van der Waals surface area contributed by atoms with Crippen molar-refractivity contribution in [3.63, 3.8) is 0 Å². The molecule has 1 aromatic heterocycles. The lowest BCUT2D eigenvalue weighted by atomic mass is 9.95. The first kappa shape index (κ1) is 21.9. The molecule has 0 saturated carbocycles.